The van der Waals surface area contributed by atoms with Gasteiger partial charge in [0.2, 0.25) is 0 Å². The summed E-state index contributed by atoms with van der Waals surface area (Å²) in [5.41, 5.74) is 0. The van der Waals surface area contributed by atoms with Gasteiger partial charge in [0.1, 0.15) is 12.9 Å². The Balaban J connectivity index is 2.46. The first-order valence-electron chi connectivity index (χ1n) is 3.57. The Morgan fingerprint density at radius 2 is 2.15 bits per heavy atom. The molecule has 0 atom stereocenters. The van der Waals surface area contributed by atoms with E-state index in [2.05, 4.69) is 10.1 Å². The fourth-order valence-corrected chi connectivity index (χ4v) is 0.755. The van der Waals surface area contributed by atoms with Crippen molar-refractivity contribution < 1.29 is 18.3 Å². The number of hydrogen-bond acceptors (Lipinski definition) is 3. The van der Waals surface area contributed by atoms with Crippen LogP contribution in [0.1, 0.15) is 12.2 Å². The van der Waals surface area contributed by atoms with Crippen LogP contribution in [0.25, 0.3) is 0 Å². The summed E-state index contributed by atoms with van der Waals surface area (Å²) in [7, 11) is 0. The molecule has 74 valence electrons. The normalized spacial score (nSPS) is 12.0. The smallest absolute Gasteiger partial charge is 0.388 e. The van der Waals surface area contributed by atoms with E-state index in [-0.39, 0.29) is 19.0 Å². The third-order valence-corrected chi connectivity index (χ3v) is 1.35. The number of aryl methyl sites for hydroxylation is 1. The molecule has 0 aliphatic carbocycles. The minimum atomic E-state index is -4.19. The molecule has 1 N–H and O–H groups in total. The molecule has 1 heterocycles. The van der Waals surface area contributed by atoms with Crippen molar-refractivity contribution >= 4 is 0 Å². The lowest BCUT2D eigenvalue weighted by Gasteiger charge is -2.04. The Morgan fingerprint density at radius 1 is 1.46 bits per heavy atom. The maximum absolute atomic E-state index is 11.7. The van der Waals surface area contributed by atoms with Crippen LogP contribution in [0.4, 0.5) is 13.2 Å². The molecular formula is C6H8F3N3O. The van der Waals surface area contributed by atoms with Crippen molar-refractivity contribution in [3.8, 4) is 0 Å². The highest BCUT2D eigenvalue weighted by Gasteiger charge is 2.26. The molecule has 13 heavy (non-hydrogen) atoms. The molecule has 1 rings (SSSR count). The molecule has 0 bridgehead atoms. The minimum absolute atomic E-state index is 0.127. The number of hydrogen-bond donors (Lipinski definition) is 1. The Kier molecular flexibility index (Phi) is 2.86. The number of nitrogens with zero attached hydrogens (tertiary/aromatic N) is 3. The second-order valence-electron chi connectivity index (χ2n) is 2.45. The summed E-state index contributed by atoms with van der Waals surface area (Å²) in [6, 6.07) is 0. The predicted octanol–water partition coefficient (Wildman–Crippen LogP) is 0.723. The van der Waals surface area contributed by atoms with Crippen molar-refractivity contribution in [1.82, 2.24) is 14.8 Å². The third kappa shape index (κ3) is 3.41. The quantitative estimate of drug-likeness (QED) is 0.773. The number of aliphatic hydroxyl groups is 1. The first-order chi connectivity index (χ1) is 6.01. The van der Waals surface area contributed by atoms with Crippen LogP contribution in [0.15, 0.2) is 6.33 Å². The van der Waals surface area contributed by atoms with Gasteiger partial charge in [-0.25, -0.2) is 4.98 Å². The van der Waals surface area contributed by atoms with E-state index in [0.717, 1.165) is 11.0 Å². The molecule has 0 aliphatic heterocycles. The largest absolute Gasteiger partial charge is 0.390 e. The summed E-state index contributed by atoms with van der Waals surface area (Å²) < 4.78 is 36.2. The van der Waals surface area contributed by atoms with Crippen molar-refractivity contribution in [2.75, 3.05) is 0 Å². The van der Waals surface area contributed by atoms with Crippen LogP contribution in [-0.2, 0) is 13.2 Å². The fraction of sp³-hybridized carbons (Fsp3) is 0.667. The fourth-order valence-electron chi connectivity index (χ4n) is 0.755. The van der Waals surface area contributed by atoms with E-state index < -0.39 is 12.6 Å². The molecule has 1 aromatic heterocycles. The van der Waals surface area contributed by atoms with Gasteiger partial charge in [-0.2, -0.15) is 18.3 Å². The van der Waals surface area contributed by atoms with E-state index >= 15 is 0 Å². The summed E-state index contributed by atoms with van der Waals surface area (Å²) in [6.45, 7) is -0.629. The molecule has 0 saturated carbocycles. The minimum Gasteiger partial charge on any atom is -0.388 e. The van der Waals surface area contributed by atoms with Gasteiger partial charge in [0.15, 0.2) is 5.82 Å². The van der Waals surface area contributed by atoms with Crippen molar-refractivity contribution in [2.24, 2.45) is 0 Å². The number of rotatable bonds is 3. The molecule has 0 aliphatic rings. The summed E-state index contributed by atoms with van der Waals surface area (Å²) in [6.07, 6.45) is -3.97. The summed E-state index contributed by atoms with van der Waals surface area (Å²) in [4.78, 5) is 3.57. The van der Waals surface area contributed by atoms with E-state index in [9.17, 15) is 13.2 Å². The molecule has 0 fully saturated rings. The predicted molar refractivity (Wildman–Crippen MR) is 36.6 cm³/mol. The molecule has 4 nitrogen and oxygen atoms in total. The van der Waals surface area contributed by atoms with E-state index in [1.165, 1.54) is 0 Å². The topological polar surface area (TPSA) is 50.9 Å². The van der Waals surface area contributed by atoms with Gasteiger partial charge in [0, 0.05) is 0 Å². The first-order valence-corrected chi connectivity index (χ1v) is 3.57. The van der Waals surface area contributed by atoms with Crippen LogP contribution in [0.5, 0.6) is 0 Å². The van der Waals surface area contributed by atoms with Gasteiger partial charge in [-0.05, 0) is 0 Å². The van der Waals surface area contributed by atoms with Crippen molar-refractivity contribution in [3.05, 3.63) is 12.2 Å². The highest BCUT2D eigenvalue weighted by molar-refractivity contribution is 4.77. The van der Waals surface area contributed by atoms with Gasteiger partial charge in [-0.1, -0.05) is 0 Å². The molecule has 1 aromatic rings. The summed E-state index contributed by atoms with van der Waals surface area (Å²) in [5.74, 6) is 0.127. The molecule has 0 unspecified atom stereocenters. The lowest BCUT2D eigenvalue weighted by Crippen LogP contribution is -2.12. The van der Waals surface area contributed by atoms with Crippen LogP contribution in [0.3, 0.4) is 0 Å². The molecule has 0 amide bonds. The van der Waals surface area contributed by atoms with E-state index in [1.54, 1.807) is 0 Å². The van der Waals surface area contributed by atoms with Crippen molar-refractivity contribution in [3.63, 3.8) is 0 Å². The maximum Gasteiger partial charge on any atom is 0.390 e. The Morgan fingerprint density at radius 3 is 2.62 bits per heavy atom. The standard InChI is InChI=1S/C6H8F3N3O/c7-6(8,9)1-2-12-4-10-5(3-13)11-12/h4,13H,1-3H2. The van der Waals surface area contributed by atoms with Gasteiger partial charge >= 0.3 is 6.18 Å². The summed E-state index contributed by atoms with van der Waals surface area (Å²) in [5, 5.41) is 12.1. The molecule has 0 aromatic carbocycles. The molecular weight excluding hydrogens is 187 g/mol. The molecule has 0 spiro atoms. The Labute approximate surface area is 72.0 Å². The van der Waals surface area contributed by atoms with Gasteiger partial charge < -0.3 is 5.11 Å². The first kappa shape index (κ1) is 9.97. The second kappa shape index (κ2) is 3.73. The lowest BCUT2D eigenvalue weighted by molar-refractivity contribution is -0.137. The monoisotopic (exact) mass is 195 g/mol. The van der Waals surface area contributed by atoms with Gasteiger partial charge in [-0.15, -0.1) is 0 Å². The third-order valence-electron chi connectivity index (χ3n) is 1.35. The van der Waals surface area contributed by atoms with Gasteiger partial charge in [0.05, 0.1) is 13.0 Å². The van der Waals surface area contributed by atoms with E-state index in [4.69, 9.17) is 5.11 Å². The Hall–Kier alpha value is -1.11. The molecule has 0 radical (unpaired) electrons. The van der Waals surface area contributed by atoms with Crippen molar-refractivity contribution in [2.45, 2.75) is 25.7 Å². The van der Waals surface area contributed by atoms with E-state index in [0.29, 0.717) is 0 Å². The highest BCUT2D eigenvalue weighted by atomic mass is 19.4. The Bertz CT molecular complexity index is 270. The second-order valence-corrected chi connectivity index (χ2v) is 2.45. The number of aromatic nitrogens is 3. The number of aliphatic hydroxyl groups excluding tert-OH is 1. The van der Waals surface area contributed by atoms with Gasteiger partial charge in [-0.3, -0.25) is 4.68 Å². The average molecular weight is 195 g/mol. The van der Waals surface area contributed by atoms with E-state index in [1.807, 2.05) is 0 Å². The number of halogens is 3. The maximum atomic E-state index is 11.7. The zero-order valence-corrected chi connectivity index (χ0v) is 6.62. The average Bonchev–Trinajstić information content (AvgIpc) is 2.47. The lowest BCUT2D eigenvalue weighted by atomic mass is 10.4. The van der Waals surface area contributed by atoms with Crippen LogP contribution in [0.2, 0.25) is 0 Å². The molecule has 7 heteroatoms. The van der Waals surface area contributed by atoms with Gasteiger partial charge in [0.25, 0.3) is 0 Å². The van der Waals surface area contributed by atoms with Crippen molar-refractivity contribution in [1.29, 1.82) is 0 Å². The van der Waals surface area contributed by atoms with Crippen LogP contribution in [0, 0.1) is 0 Å². The highest BCUT2D eigenvalue weighted by Crippen LogP contribution is 2.19. The van der Waals surface area contributed by atoms with Crippen LogP contribution < -0.4 is 0 Å². The van der Waals surface area contributed by atoms with Crippen LogP contribution in [-0.4, -0.2) is 26.0 Å². The zero-order chi connectivity index (χ0) is 9.90. The zero-order valence-electron chi connectivity index (χ0n) is 6.62. The summed E-state index contributed by atoms with van der Waals surface area (Å²) >= 11 is 0. The van der Waals surface area contributed by atoms with Crippen LogP contribution >= 0.6 is 0 Å². The number of alkyl halides is 3. The SMILES string of the molecule is OCc1ncn(CCC(F)(F)F)n1. The molecule has 0 saturated heterocycles.